The zero-order chi connectivity index (χ0) is 21.5. The summed E-state index contributed by atoms with van der Waals surface area (Å²) < 4.78 is 63.4. The Morgan fingerprint density at radius 1 is 1.20 bits per heavy atom. The molecule has 2 fully saturated rings. The lowest BCUT2D eigenvalue weighted by atomic mass is 9.99. The number of hydrogen-bond acceptors (Lipinski definition) is 5. The van der Waals surface area contributed by atoms with Crippen LogP contribution in [0.2, 0.25) is 0 Å². The van der Waals surface area contributed by atoms with Gasteiger partial charge in [-0.25, -0.2) is 26.7 Å². The van der Waals surface area contributed by atoms with Gasteiger partial charge >= 0.3 is 5.69 Å². The Morgan fingerprint density at radius 2 is 1.90 bits per heavy atom. The fourth-order valence-electron chi connectivity index (χ4n) is 3.94. The van der Waals surface area contributed by atoms with Gasteiger partial charge in [0.1, 0.15) is 17.5 Å². The molecule has 11 heteroatoms. The number of ether oxygens (including phenoxy) is 1. The van der Waals surface area contributed by atoms with E-state index in [4.69, 9.17) is 4.74 Å². The molecule has 1 atom stereocenters. The molecule has 1 aliphatic heterocycles. The standard InChI is InChI=1S/C19H24F2N4O4S/c1-29-11-10-24-19(26)25(14-7-8-14)18(22-24)13-4-3-9-23(12-13)30(27,28)17-15(20)5-2-6-16(17)21/h2,5-6,13-14H,3-4,7-12H2,1H3. The van der Waals surface area contributed by atoms with Crippen LogP contribution in [0.15, 0.2) is 27.9 Å². The van der Waals surface area contributed by atoms with Crippen LogP contribution in [0.5, 0.6) is 0 Å². The van der Waals surface area contributed by atoms with E-state index >= 15 is 0 Å². The first-order chi connectivity index (χ1) is 14.3. The molecule has 0 amide bonds. The van der Waals surface area contributed by atoms with Gasteiger partial charge in [0.25, 0.3) is 0 Å². The van der Waals surface area contributed by atoms with E-state index in [0.29, 0.717) is 31.8 Å². The van der Waals surface area contributed by atoms with E-state index in [1.807, 2.05) is 0 Å². The molecule has 2 aromatic rings. The number of piperidine rings is 1. The highest BCUT2D eigenvalue weighted by Gasteiger charge is 2.38. The smallest absolute Gasteiger partial charge is 0.346 e. The molecule has 1 aromatic carbocycles. The number of rotatable bonds is 7. The van der Waals surface area contributed by atoms with Crippen LogP contribution < -0.4 is 5.69 Å². The van der Waals surface area contributed by atoms with E-state index in [2.05, 4.69) is 5.10 Å². The van der Waals surface area contributed by atoms with E-state index in [1.54, 1.807) is 4.57 Å². The van der Waals surface area contributed by atoms with Crippen molar-refractivity contribution >= 4 is 10.0 Å². The summed E-state index contributed by atoms with van der Waals surface area (Å²) >= 11 is 0. The van der Waals surface area contributed by atoms with Crippen molar-refractivity contribution in [2.45, 2.75) is 49.1 Å². The third-order valence-corrected chi connectivity index (χ3v) is 7.50. The van der Waals surface area contributed by atoms with E-state index in [9.17, 15) is 22.0 Å². The van der Waals surface area contributed by atoms with Crippen molar-refractivity contribution in [3.63, 3.8) is 0 Å². The zero-order valence-electron chi connectivity index (χ0n) is 16.6. The van der Waals surface area contributed by atoms with Crippen molar-refractivity contribution < 1.29 is 21.9 Å². The molecular formula is C19H24F2N4O4S. The van der Waals surface area contributed by atoms with Gasteiger partial charge in [0.2, 0.25) is 10.0 Å². The Balaban J connectivity index is 1.66. The van der Waals surface area contributed by atoms with E-state index in [-0.39, 0.29) is 30.7 Å². The minimum atomic E-state index is -4.36. The minimum absolute atomic E-state index is 0.0174. The molecule has 0 radical (unpaired) electrons. The van der Waals surface area contributed by atoms with Crippen molar-refractivity contribution in [3.05, 3.63) is 46.1 Å². The summed E-state index contributed by atoms with van der Waals surface area (Å²) in [7, 11) is -2.82. The molecule has 1 unspecified atom stereocenters. The molecule has 1 aromatic heterocycles. The number of benzene rings is 1. The van der Waals surface area contributed by atoms with Crippen molar-refractivity contribution in [3.8, 4) is 0 Å². The molecule has 2 heterocycles. The Bertz CT molecular complexity index is 1070. The summed E-state index contributed by atoms with van der Waals surface area (Å²) in [6.45, 7) is 0.810. The van der Waals surface area contributed by atoms with Crippen LogP contribution in [0, 0.1) is 11.6 Å². The van der Waals surface area contributed by atoms with Crippen LogP contribution in [0.1, 0.15) is 43.5 Å². The van der Waals surface area contributed by atoms with Gasteiger partial charge < -0.3 is 4.74 Å². The fraction of sp³-hybridized carbons (Fsp3) is 0.579. The fourth-order valence-corrected chi connectivity index (χ4v) is 5.58. The number of sulfonamides is 1. The van der Waals surface area contributed by atoms with Gasteiger partial charge in [-0.05, 0) is 37.8 Å². The molecule has 1 aliphatic carbocycles. The summed E-state index contributed by atoms with van der Waals surface area (Å²) in [5.74, 6) is -2.03. The molecule has 1 saturated heterocycles. The topological polar surface area (TPSA) is 86.4 Å². The second-order valence-electron chi connectivity index (χ2n) is 7.71. The van der Waals surface area contributed by atoms with Crippen molar-refractivity contribution in [2.75, 3.05) is 26.8 Å². The number of methoxy groups -OCH3 is 1. The maximum Gasteiger partial charge on any atom is 0.346 e. The maximum atomic E-state index is 14.2. The molecule has 0 bridgehead atoms. The normalized spacial score (nSPS) is 20.6. The highest BCUT2D eigenvalue weighted by Crippen LogP contribution is 2.38. The average molecular weight is 442 g/mol. The monoisotopic (exact) mass is 442 g/mol. The van der Waals surface area contributed by atoms with E-state index in [0.717, 1.165) is 35.3 Å². The second kappa shape index (κ2) is 8.20. The first-order valence-corrected chi connectivity index (χ1v) is 11.4. The highest BCUT2D eigenvalue weighted by molar-refractivity contribution is 7.89. The second-order valence-corrected chi connectivity index (χ2v) is 9.59. The average Bonchev–Trinajstić information content (AvgIpc) is 3.49. The Hall–Kier alpha value is -2.11. The Labute approximate surface area is 173 Å². The molecule has 4 rings (SSSR count). The number of hydrogen-bond donors (Lipinski definition) is 0. The molecule has 0 spiro atoms. The largest absolute Gasteiger partial charge is 0.383 e. The van der Waals surface area contributed by atoms with Gasteiger partial charge in [-0.2, -0.15) is 9.40 Å². The lowest BCUT2D eigenvalue weighted by Gasteiger charge is -2.31. The van der Waals surface area contributed by atoms with Crippen molar-refractivity contribution in [1.82, 2.24) is 18.7 Å². The Kier molecular flexibility index (Phi) is 5.78. The van der Waals surface area contributed by atoms with Crippen molar-refractivity contribution in [2.24, 2.45) is 0 Å². The summed E-state index contributed by atoms with van der Waals surface area (Å²) in [6, 6.07) is 3.06. The molecule has 30 heavy (non-hydrogen) atoms. The third-order valence-electron chi connectivity index (χ3n) is 5.58. The van der Waals surface area contributed by atoms with Gasteiger partial charge in [0.05, 0.1) is 13.2 Å². The predicted octanol–water partition coefficient (Wildman–Crippen LogP) is 1.87. The first-order valence-electron chi connectivity index (χ1n) is 9.97. The van der Waals surface area contributed by atoms with Crippen LogP contribution in [-0.2, 0) is 21.3 Å². The maximum absolute atomic E-state index is 14.2. The van der Waals surface area contributed by atoms with Gasteiger partial charge in [-0.15, -0.1) is 0 Å². The first kappa shape index (κ1) is 21.1. The number of nitrogens with zero attached hydrogens (tertiary/aromatic N) is 4. The van der Waals surface area contributed by atoms with Gasteiger partial charge in [-0.3, -0.25) is 4.57 Å². The Morgan fingerprint density at radius 3 is 2.53 bits per heavy atom. The molecule has 0 N–H and O–H groups in total. The van der Waals surface area contributed by atoms with Crippen LogP contribution in [0.4, 0.5) is 8.78 Å². The van der Waals surface area contributed by atoms with Crippen LogP contribution in [0.25, 0.3) is 0 Å². The quantitative estimate of drug-likeness (QED) is 0.654. The minimum Gasteiger partial charge on any atom is -0.383 e. The van der Waals surface area contributed by atoms with Crippen LogP contribution in [0.3, 0.4) is 0 Å². The van der Waals surface area contributed by atoms with E-state index in [1.165, 1.54) is 11.8 Å². The van der Waals surface area contributed by atoms with Gasteiger partial charge in [0.15, 0.2) is 4.90 Å². The summed E-state index contributed by atoms with van der Waals surface area (Å²) in [6.07, 6.45) is 2.89. The van der Waals surface area contributed by atoms with E-state index < -0.39 is 26.6 Å². The highest BCUT2D eigenvalue weighted by atomic mass is 32.2. The molecule has 8 nitrogen and oxygen atoms in total. The molecule has 164 valence electrons. The van der Waals surface area contributed by atoms with Crippen LogP contribution in [-0.4, -0.2) is 53.9 Å². The van der Waals surface area contributed by atoms with Crippen molar-refractivity contribution in [1.29, 1.82) is 0 Å². The molecule has 1 saturated carbocycles. The lowest BCUT2D eigenvalue weighted by Crippen LogP contribution is -2.40. The number of halogens is 2. The third kappa shape index (κ3) is 3.81. The lowest BCUT2D eigenvalue weighted by molar-refractivity contribution is 0.182. The van der Waals surface area contributed by atoms with Gasteiger partial charge in [-0.1, -0.05) is 6.07 Å². The van der Waals surface area contributed by atoms with Crippen LogP contribution >= 0.6 is 0 Å². The zero-order valence-corrected chi connectivity index (χ0v) is 17.4. The SMILES string of the molecule is COCCn1nc(C2CCCN(S(=O)(=O)c3c(F)cccc3F)C2)n(C2CC2)c1=O. The summed E-state index contributed by atoms with van der Waals surface area (Å²) in [5, 5.41) is 4.47. The molecular weight excluding hydrogens is 418 g/mol. The molecule has 2 aliphatic rings. The number of aromatic nitrogens is 3. The predicted molar refractivity (Wildman–Crippen MR) is 104 cm³/mol. The van der Waals surface area contributed by atoms with Gasteiger partial charge in [0, 0.05) is 32.2 Å². The summed E-state index contributed by atoms with van der Waals surface area (Å²) in [4.78, 5) is 11.9. The summed E-state index contributed by atoms with van der Waals surface area (Å²) in [5.41, 5.74) is -0.232.